The Hall–Kier alpha value is -2.17. The Kier molecular flexibility index (Phi) is 3.72. The molecule has 1 heterocycles. The first-order chi connectivity index (χ1) is 8.65. The highest BCUT2D eigenvalue weighted by molar-refractivity contribution is 5.95. The third-order valence-corrected chi connectivity index (χ3v) is 2.73. The number of Topliss-reactive ketones (excluding diaryl/α,β-unsaturated/α-hetero) is 1. The summed E-state index contributed by atoms with van der Waals surface area (Å²) in [5.74, 6) is -0.567. The van der Waals surface area contributed by atoms with Crippen molar-refractivity contribution in [1.82, 2.24) is 5.32 Å². The van der Waals surface area contributed by atoms with Gasteiger partial charge in [0.15, 0.2) is 0 Å². The lowest BCUT2D eigenvalue weighted by molar-refractivity contribution is -0.135. The zero-order chi connectivity index (χ0) is 13.0. The summed E-state index contributed by atoms with van der Waals surface area (Å²) >= 11 is 0. The van der Waals surface area contributed by atoms with Crippen molar-refractivity contribution in [3.63, 3.8) is 0 Å². The summed E-state index contributed by atoms with van der Waals surface area (Å²) in [6.07, 6.45) is 0.141. The van der Waals surface area contributed by atoms with E-state index in [2.05, 4.69) is 10.1 Å². The van der Waals surface area contributed by atoms with Gasteiger partial charge in [-0.05, 0) is 12.0 Å². The lowest BCUT2D eigenvalue weighted by Gasteiger charge is -2.04. The van der Waals surface area contributed by atoms with Crippen molar-refractivity contribution >= 4 is 17.8 Å². The summed E-state index contributed by atoms with van der Waals surface area (Å²) in [6.45, 7) is 0. The number of alkyl carbamates (subject to hydrolysis) is 1. The predicted octanol–water partition coefficient (Wildman–Crippen LogP) is 1.21. The number of carbonyl (C=O) groups excluding carboxylic acids is 3. The van der Waals surface area contributed by atoms with Crippen molar-refractivity contribution < 1.29 is 19.1 Å². The molecule has 2 rings (SSSR count). The van der Waals surface area contributed by atoms with Crippen LogP contribution >= 0.6 is 0 Å². The van der Waals surface area contributed by atoms with E-state index in [9.17, 15) is 14.4 Å². The van der Waals surface area contributed by atoms with Crippen LogP contribution in [-0.4, -0.2) is 23.9 Å². The van der Waals surface area contributed by atoms with E-state index in [0.29, 0.717) is 6.42 Å². The van der Waals surface area contributed by atoms with E-state index >= 15 is 0 Å². The Morgan fingerprint density at radius 3 is 2.56 bits per heavy atom. The zero-order valence-corrected chi connectivity index (χ0v) is 9.72. The number of rotatable bonds is 5. The fourth-order valence-electron chi connectivity index (χ4n) is 1.80. The van der Waals surface area contributed by atoms with Crippen LogP contribution in [0.4, 0.5) is 4.79 Å². The number of amides is 1. The Morgan fingerprint density at radius 2 is 1.94 bits per heavy atom. The minimum Gasteiger partial charge on any atom is -0.375 e. The van der Waals surface area contributed by atoms with Crippen molar-refractivity contribution in [2.45, 2.75) is 25.3 Å². The fourth-order valence-corrected chi connectivity index (χ4v) is 1.80. The second kappa shape index (κ2) is 5.44. The van der Waals surface area contributed by atoms with Crippen LogP contribution in [0.1, 0.15) is 18.4 Å². The third-order valence-electron chi connectivity index (χ3n) is 2.73. The first-order valence-electron chi connectivity index (χ1n) is 5.73. The van der Waals surface area contributed by atoms with E-state index < -0.39 is 18.1 Å². The standard InChI is InChI=1S/C13H13NO4/c15-10(8-9-4-2-1-3-5-9)6-7-11-12(16)18-13(17)14-11/h1-5,11H,6-8H2,(H,14,17). The number of hydrogen-bond acceptors (Lipinski definition) is 4. The van der Waals surface area contributed by atoms with Crippen LogP contribution in [0.3, 0.4) is 0 Å². The Bertz CT molecular complexity index is 469. The van der Waals surface area contributed by atoms with E-state index in [1.165, 1.54) is 0 Å². The summed E-state index contributed by atoms with van der Waals surface area (Å²) in [5, 5.41) is 2.36. The number of carbonyl (C=O) groups is 3. The topological polar surface area (TPSA) is 72.5 Å². The number of esters is 1. The average molecular weight is 247 g/mol. The van der Waals surface area contributed by atoms with Crippen LogP contribution in [0.25, 0.3) is 0 Å². The molecule has 0 spiro atoms. The van der Waals surface area contributed by atoms with E-state index in [1.807, 2.05) is 30.3 Å². The molecule has 1 atom stereocenters. The number of ketones is 1. The van der Waals surface area contributed by atoms with Gasteiger partial charge in [0.05, 0.1) is 0 Å². The molecule has 5 nitrogen and oxygen atoms in total. The summed E-state index contributed by atoms with van der Waals surface area (Å²) in [4.78, 5) is 33.6. The molecule has 0 bridgehead atoms. The highest BCUT2D eigenvalue weighted by atomic mass is 16.6. The van der Waals surface area contributed by atoms with Gasteiger partial charge in [-0.15, -0.1) is 0 Å². The highest BCUT2D eigenvalue weighted by Crippen LogP contribution is 2.09. The molecule has 1 aromatic carbocycles. The molecule has 0 saturated carbocycles. The molecule has 1 amide bonds. The largest absolute Gasteiger partial charge is 0.415 e. The third kappa shape index (κ3) is 3.16. The number of nitrogens with one attached hydrogen (secondary N) is 1. The van der Waals surface area contributed by atoms with E-state index in [0.717, 1.165) is 5.56 Å². The van der Waals surface area contributed by atoms with Gasteiger partial charge in [-0.2, -0.15) is 0 Å². The summed E-state index contributed by atoms with van der Waals surface area (Å²) in [5.41, 5.74) is 0.945. The normalized spacial score (nSPS) is 18.3. The molecular formula is C13H13NO4. The SMILES string of the molecule is O=C(CCC1NC(=O)OC1=O)Cc1ccccc1. The molecule has 5 heteroatoms. The van der Waals surface area contributed by atoms with Gasteiger partial charge in [-0.1, -0.05) is 30.3 Å². The molecule has 0 aliphatic carbocycles. The van der Waals surface area contributed by atoms with Gasteiger partial charge >= 0.3 is 12.1 Å². The highest BCUT2D eigenvalue weighted by Gasteiger charge is 2.32. The first-order valence-corrected chi connectivity index (χ1v) is 5.73. The molecule has 94 valence electrons. The molecule has 18 heavy (non-hydrogen) atoms. The molecule has 1 unspecified atom stereocenters. The fraction of sp³-hybridized carbons (Fsp3) is 0.308. The smallest absolute Gasteiger partial charge is 0.375 e. The van der Waals surface area contributed by atoms with Gasteiger partial charge in [-0.3, -0.25) is 4.79 Å². The molecule has 0 radical (unpaired) electrons. The maximum atomic E-state index is 11.7. The lowest BCUT2D eigenvalue weighted by atomic mass is 10.0. The van der Waals surface area contributed by atoms with E-state index in [1.54, 1.807) is 0 Å². The summed E-state index contributed by atoms with van der Waals surface area (Å²) < 4.78 is 4.32. The Balaban J connectivity index is 1.79. The number of ether oxygens (including phenoxy) is 1. The number of benzene rings is 1. The van der Waals surface area contributed by atoms with Crippen molar-refractivity contribution in [3.8, 4) is 0 Å². The van der Waals surface area contributed by atoms with E-state index in [4.69, 9.17) is 0 Å². The van der Waals surface area contributed by atoms with Gasteiger partial charge in [-0.25, -0.2) is 9.59 Å². The van der Waals surface area contributed by atoms with Crippen LogP contribution < -0.4 is 5.32 Å². The maximum absolute atomic E-state index is 11.7. The van der Waals surface area contributed by atoms with Crippen LogP contribution in [0.5, 0.6) is 0 Å². The molecule has 0 aromatic heterocycles. The number of hydrogen-bond donors (Lipinski definition) is 1. The van der Waals surface area contributed by atoms with Crippen LogP contribution in [0, 0.1) is 0 Å². The molecule has 1 fully saturated rings. The second-order valence-electron chi connectivity index (χ2n) is 4.15. The Morgan fingerprint density at radius 1 is 1.22 bits per heavy atom. The Labute approximate surface area is 104 Å². The lowest BCUT2D eigenvalue weighted by Crippen LogP contribution is -2.29. The van der Waals surface area contributed by atoms with Crippen molar-refractivity contribution in [2.24, 2.45) is 0 Å². The predicted molar refractivity (Wildman–Crippen MR) is 62.8 cm³/mol. The number of cyclic esters (lactones) is 2. The molecule has 1 aliphatic rings. The monoisotopic (exact) mass is 247 g/mol. The van der Waals surface area contributed by atoms with Crippen LogP contribution in [-0.2, 0) is 20.7 Å². The molecular weight excluding hydrogens is 234 g/mol. The quantitative estimate of drug-likeness (QED) is 0.627. The maximum Gasteiger partial charge on any atom is 0.415 e. The molecule has 1 N–H and O–H groups in total. The molecule has 1 saturated heterocycles. The molecule has 1 aliphatic heterocycles. The van der Waals surface area contributed by atoms with Crippen molar-refractivity contribution in [3.05, 3.63) is 35.9 Å². The summed E-state index contributed by atoms with van der Waals surface area (Å²) in [7, 11) is 0. The van der Waals surface area contributed by atoms with Crippen LogP contribution in [0.2, 0.25) is 0 Å². The first kappa shape index (κ1) is 12.3. The van der Waals surface area contributed by atoms with Gasteiger partial charge in [0.1, 0.15) is 11.8 Å². The summed E-state index contributed by atoms with van der Waals surface area (Å²) in [6, 6.07) is 8.71. The van der Waals surface area contributed by atoms with E-state index in [-0.39, 0.29) is 18.6 Å². The van der Waals surface area contributed by atoms with Gasteiger partial charge in [0.25, 0.3) is 0 Å². The van der Waals surface area contributed by atoms with Crippen molar-refractivity contribution in [2.75, 3.05) is 0 Å². The minimum absolute atomic E-state index is 0.0372. The molecule has 1 aromatic rings. The van der Waals surface area contributed by atoms with Crippen LogP contribution in [0.15, 0.2) is 30.3 Å². The second-order valence-corrected chi connectivity index (χ2v) is 4.15. The van der Waals surface area contributed by atoms with Gasteiger partial charge in [0.2, 0.25) is 0 Å². The zero-order valence-electron chi connectivity index (χ0n) is 9.72. The minimum atomic E-state index is -0.736. The van der Waals surface area contributed by atoms with Gasteiger partial charge in [0, 0.05) is 12.8 Å². The van der Waals surface area contributed by atoms with Crippen molar-refractivity contribution in [1.29, 1.82) is 0 Å². The van der Waals surface area contributed by atoms with Gasteiger partial charge < -0.3 is 10.1 Å². The average Bonchev–Trinajstić information content (AvgIpc) is 2.66.